The van der Waals surface area contributed by atoms with Crippen LogP contribution in [0.2, 0.25) is 0 Å². The zero-order valence-corrected chi connectivity index (χ0v) is 6.89. The number of hydrogen-bond donors (Lipinski definition) is 4. The number of hydrogen-bond acceptors (Lipinski definition) is 5. The standard InChI is InChI=1S/C5H8N3O3.Cu/c9-5(10,11)2-1-4-3-6-8-7-4;/h9-11H,1-2H2,(H,6,7,8);/q-1;+1. The Hall–Kier alpha value is -0.461. The van der Waals surface area contributed by atoms with Crippen LogP contribution in [-0.4, -0.2) is 36.7 Å². The molecule has 0 aliphatic carbocycles. The molecule has 12 heavy (non-hydrogen) atoms. The van der Waals surface area contributed by atoms with Crippen molar-refractivity contribution in [1.29, 1.82) is 0 Å². The molecule has 0 aliphatic heterocycles. The van der Waals surface area contributed by atoms with E-state index in [9.17, 15) is 0 Å². The van der Waals surface area contributed by atoms with E-state index in [0.717, 1.165) is 0 Å². The van der Waals surface area contributed by atoms with Crippen LogP contribution in [0.3, 0.4) is 0 Å². The van der Waals surface area contributed by atoms with Crippen LogP contribution in [0, 0.1) is 6.20 Å². The fraction of sp³-hybridized carbons (Fsp3) is 0.600. The minimum atomic E-state index is -2.63. The van der Waals surface area contributed by atoms with Gasteiger partial charge in [0.1, 0.15) is 0 Å². The summed E-state index contributed by atoms with van der Waals surface area (Å²) in [6, 6.07) is 0. The van der Waals surface area contributed by atoms with Crippen molar-refractivity contribution in [2.24, 2.45) is 0 Å². The smallest absolute Gasteiger partial charge is 0.352 e. The van der Waals surface area contributed by atoms with Gasteiger partial charge in [-0.25, -0.2) is 0 Å². The number of aliphatic hydroxyl groups is 3. The molecule has 0 spiro atoms. The van der Waals surface area contributed by atoms with Crippen molar-refractivity contribution in [3.8, 4) is 0 Å². The molecule has 1 heterocycles. The van der Waals surface area contributed by atoms with E-state index in [2.05, 4.69) is 21.6 Å². The molecule has 1 aromatic heterocycles. The van der Waals surface area contributed by atoms with E-state index in [4.69, 9.17) is 15.3 Å². The molecule has 0 unspecified atom stereocenters. The summed E-state index contributed by atoms with van der Waals surface area (Å²) in [7, 11) is 0. The van der Waals surface area contributed by atoms with Crippen molar-refractivity contribution < 1.29 is 32.4 Å². The van der Waals surface area contributed by atoms with Gasteiger partial charge in [0, 0.05) is 6.42 Å². The van der Waals surface area contributed by atoms with E-state index in [-0.39, 0.29) is 29.9 Å². The molecular formula is C5H8CuN3O3. The number of nitrogens with zero attached hydrogens (tertiary/aromatic N) is 2. The van der Waals surface area contributed by atoms with Gasteiger partial charge in [0.25, 0.3) is 5.97 Å². The van der Waals surface area contributed by atoms with Gasteiger partial charge in [0.2, 0.25) is 0 Å². The molecule has 6 nitrogen and oxygen atoms in total. The van der Waals surface area contributed by atoms with Crippen LogP contribution in [0.1, 0.15) is 12.1 Å². The first-order valence-electron chi connectivity index (χ1n) is 3.03. The van der Waals surface area contributed by atoms with Crippen LogP contribution in [0.4, 0.5) is 0 Å². The summed E-state index contributed by atoms with van der Waals surface area (Å²) < 4.78 is 0. The summed E-state index contributed by atoms with van der Waals surface area (Å²) in [5, 5.41) is 34.5. The molecule has 1 rings (SSSR count). The van der Waals surface area contributed by atoms with E-state index in [1.165, 1.54) is 0 Å². The number of H-pyrrole nitrogens is 1. The Kier molecular flexibility index (Phi) is 4.36. The molecule has 4 N–H and O–H groups in total. The third-order valence-corrected chi connectivity index (χ3v) is 1.13. The Bertz CT molecular complexity index is 208. The fourth-order valence-electron chi connectivity index (χ4n) is 0.600. The molecular weight excluding hydrogens is 214 g/mol. The number of aromatic nitrogens is 3. The first kappa shape index (κ1) is 11.5. The van der Waals surface area contributed by atoms with Gasteiger partial charge in [-0.2, -0.15) is 0 Å². The zero-order chi connectivity index (χ0) is 8.32. The van der Waals surface area contributed by atoms with Gasteiger partial charge in [0.15, 0.2) is 0 Å². The molecule has 0 radical (unpaired) electrons. The van der Waals surface area contributed by atoms with Crippen molar-refractivity contribution in [2.75, 3.05) is 0 Å². The molecule has 7 heteroatoms. The molecule has 72 valence electrons. The minimum Gasteiger partial charge on any atom is -0.352 e. The molecule has 0 saturated carbocycles. The Morgan fingerprint density at radius 2 is 2.08 bits per heavy atom. The molecule has 0 bridgehead atoms. The monoisotopic (exact) mass is 221 g/mol. The number of rotatable bonds is 3. The number of aromatic amines is 1. The van der Waals surface area contributed by atoms with Gasteiger partial charge in [-0.05, 0) is 6.42 Å². The van der Waals surface area contributed by atoms with Crippen molar-refractivity contribution in [2.45, 2.75) is 18.8 Å². The predicted molar refractivity (Wildman–Crippen MR) is 32.9 cm³/mol. The molecule has 1 aromatic rings. The SMILES string of the molecule is OC(O)(O)CCc1[c-]nn[nH]1.[Cu+]. The zero-order valence-electron chi connectivity index (χ0n) is 5.95. The van der Waals surface area contributed by atoms with Gasteiger partial charge < -0.3 is 31.7 Å². The van der Waals surface area contributed by atoms with E-state index >= 15 is 0 Å². The van der Waals surface area contributed by atoms with E-state index in [0.29, 0.717) is 5.69 Å². The van der Waals surface area contributed by atoms with Gasteiger partial charge >= 0.3 is 17.1 Å². The molecule has 0 amide bonds. The third kappa shape index (κ3) is 4.42. The van der Waals surface area contributed by atoms with Gasteiger partial charge in [-0.1, -0.05) is 0 Å². The van der Waals surface area contributed by atoms with Crippen LogP contribution in [0.15, 0.2) is 0 Å². The topological polar surface area (TPSA) is 102 Å². The van der Waals surface area contributed by atoms with Crippen molar-refractivity contribution >= 4 is 0 Å². The maximum atomic E-state index is 8.46. The summed E-state index contributed by atoms with van der Waals surface area (Å²) in [5.74, 6) is -2.63. The van der Waals surface area contributed by atoms with Gasteiger partial charge in [-0.3, -0.25) is 0 Å². The van der Waals surface area contributed by atoms with Gasteiger partial charge in [-0.15, -0.1) is 10.9 Å². The van der Waals surface area contributed by atoms with Crippen LogP contribution in [0.5, 0.6) is 0 Å². The quantitative estimate of drug-likeness (QED) is 0.273. The number of aryl methyl sites for hydroxylation is 1. The summed E-state index contributed by atoms with van der Waals surface area (Å²) in [5.41, 5.74) is 0.520. The largest absolute Gasteiger partial charge is 1.00 e. The van der Waals surface area contributed by atoms with Crippen molar-refractivity contribution in [3.05, 3.63) is 11.9 Å². The molecule has 0 aromatic carbocycles. The van der Waals surface area contributed by atoms with Crippen LogP contribution < -0.4 is 0 Å². The molecule has 0 fully saturated rings. The predicted octanol–water partition coefficient (Wildman–Crippen LogP) is -1.83. The maximum Gasteiger partial charge on any atom is 1.00 e. The van der Waals surface area contributed by atoms with Crippen molar-refractivity contribution in [3.63, 3.8) is 0 Å². The average Bonchev–Trinajstić information content (AvgIpc) is 2.32. The summed E-state index contributed by atoms with van der Waals surface area (Å²) in [6.07, 6.45) is 2.49. The average molecular weight is 222 g/mol. The Morgan fingerprint density at radius 1 is 1.42 bits per heavy atom. The van der Waals surface area contributed by atoms with Crippen LogP contribution in [0.25, 0.3) is 0 Å². The molecule has 0 saturated heterocycles. The summed E-state index contributed by atoms with van der Waals surface area (Å²) in [6.45, 7) is 0. The molecule has 0 atom stereocenters. The van der Waals surface area contributed by atoms with Gasteiger partial charge in [0.05, 0.1) is 0 Å². The first-order valence-corrected chi connectivity index (χ1v) is 3.03. The Balaban J connectivity index is 0.00000121. The van der Waals surface area contributed by atoms with E-state index in [1.54, 1.807) is 0 Å². The van der Waals surface area contributed by atoms with Crippen LogP contribution >= 0.6 is 0 Å². The van der Waals surface area contributed by atoms with Crippen molar-refractivity contribution in [1.82, 2.24) is 15.4 Å². The first-order chi connectivity index (χ1) is 5.08. The summed E-state index contributed by atoms with van der Waals surface area (Å²) >= 11 is 0. The van der Waals surface area contributed by atoms with E-state index in [1.807, 2.05) is 0 Å². The Labute approximate surface area is 79.1 Å². The minimum absolute atomic E-state index is 0. The molecule has 0 aliphatic rings. The second-order valence-corrected chi connectivity index (χ2v) is 2.18. The fourth-order valence-corrected chi connectivity index (χ4v) is 0.600. The third-order valence-electron chi connectivity index (χ3n) is 1.13. The number of nitrogens with one attached hydrogen (secondary N) is 1. The van der Waals surface area contributed by atoms with E-state index < -0.39 is 5.97 Å². The normalized spacial score (nSPS) is 10.9. The summed E-state index contributed by atoms with van der Waals surface area (Å²) in [4.78, 5) is 0. The maximum absolute atomic E-state index is 8.46. The Morgan fingerprint density at radius 3 is 2.50 bits per heavy atom. The second-order valence-electron chi connectivity index (χ2n) is 2.18. The van der Waals surface area contributed by atoms with Crippen LogP contribution in [-0.2, 0) is 23.5 Å². The second kappa shape index (κ2) is 4.54.